The van der Waals surface area contributed by atoms with Gasteiger partial charge in [-0.2, -0.15) is 0 Å². The highest BCUT2D eigenvalue weighted by Crippen LogP contribution is 2.63. The van der Waals surface area contributed by atoms with Gasteiger partial charge in [-0.05, 0) is 75.8 Å². The number of nitrogens with zero attached hydrogens (tertiary/aromatic N) is 2. The minimum atomic E-state index is -0.443. The smallest absolute Gasteiger partial charge is 0.160 e. The van der Waals surface area contributed by atoms with Crippen molar-refractivity contribution in [2.75, 3.05) is 0 Å². The first kappa shape index (κ1) is 28.6. The molecule has 0 amide bonds. The highest BCUT2D eigenvalue weighted by Gasteiger charge is 2.50. The van der Waals surface area contributed by atoms with E-state index in [9.17, 15) is 0 Å². The molecule has 1 aliphatic carbocycles. The summed E-state index contributed by atoms with van der Waals surface area (Å²) in [6.07, 6.45) is 0. The van der Waals surface area contributed by atoms with E-state index in [1.807, 2.05) is 36.0 Å². The van der Waals surface area contributed by atoms with E-state index < -0.39 is 5.41 Å². The largest absolute Gasteiger partial charge is 0.456 e. The van der Waals surface area contributed by atoms with Gasteiger partial charge in [0.05, 0.1) is 16.8 Å². The highest BCUT2D eigenvalue weighted by atomic mass is 32.2. The molecule has 0 fully saturated rings. The van der Waals surface area contributed by atoms with Crippen LogP contribution in [0.4, 0.5) is 0 Å². The van der Waals surface area contributed by atoms with Gasteiger partial charge < -0.3 is 4.42 Å². The highest BCUT2D eigenvalue weighted by molar-refractivity contribution is 7.99. The summed E-state index contributed by atoms with van der Waals surface area (Å²) in [5.41, 5.74) is 13.9. The Morgan fingerprint density at radius 1 is 0.451 bits per heavy atom. The Morgan fingerprint density at radius 2 is 1.04 bits per heavy atom. The van der Waals surface area contributed by atoms with Crippen molar-refractivity contribution in [3.05, 3.63) is 192 Å². The van der Waals surface area contributed by atoms with Gasteiger partial charge in [0.2, 0.25) is 0 Å². The number of hydrogen-bond acceptors (Lipinski definition) is 4. The standard InChI is InChI=1S/C47H28N2OS/c1-3-13-29(14-4-1)38-28-39(49-46(48-38)30-15-5-2-6-16-30)31-23-25-40-33(27-31)45-41(50-40)26-24-37-44(45)32-17-7-8-18-34(32)47(37)35-19-9-11-21-42(35)51-43-22-12-10-20-36(43)47/h1-28H. The van der Waals surface area contributed by atoms with E-state index in [0.29, 0.717) is 5.82 Å². The first-order valence-corrected chi connectivity index (χ1v) is 18.1. The van der Waals surface area contributed by atoms with Crippen LogP contribution in [0.1, 0.15) is 22.3 Å². The lowest BCUT2D eigenvalue weighted by Gasteiger charge is -2.39. The van der Waals surface area contributed by atoms with Gasteiger partial charge in [0.25, 0.3) is 0 Å². The Labute approximate surface area is 299 Å². The van der Waals surface area contributed by atoms with Gasteiger partial charge in [-0.15, -0.1) is 0 Å². The first-order chi connectivity index (χ1) is 25.3. The third-order valence-corrected chi connectivity index (χ3v) is 11.7. The summed E-state index contributed by atoms with van der Waals surface area (Å²) in [6.45, 7) is 0. The summed E-state index contributed by atoms with van der Waals surface area (Å²) in [6, 6.07) is 60.5. The number of fused-ring (bicyclic) bond motifs is 13. The quantitative estimate of drug-likeness (QED) is 0.188. The van der Waals surface area contributed by atoms with Gasteiger partial charge in [0.1, 0.15) is 11.2 Å². The molecular formula is C47H28N2OS. The van der Waals surface area contributed by atoms with Gasteiger partial charge in [-0.3, -0.25) is 0 Å². The van der Waals surface area contributed by atoms with Gasteiger partial charge >= 0.3 is 0 Å². The second kappa shape index (κ2) is 10.9. The molecule has 51 heavy (non-hydrogen) atoms. The van der Waals surface area contributed by atoms with E-state index in [1.165, 1.54) is 43.2 Å². The zero-order chi connectivity index (χ0) is 33.5. The van der Waals surface area contributed by atoms with Crippen molar-refractivity contribution in [1.29, 1.82) is 0 Å². The number of rotatable bonds is 3. The third kappa shape index (κ3) is 4.08. The van der Waals surface area contributed by atoms with Gasteiger partial charge in [-0.1, -0.05) is 139 Å². The minimum Gasteiger partial charge on any atom is -0.456 e. The zero-order valence-corrected chi connectivity index (χ0v) is 28.2. The SMILES string of the molecule is c1ccc(-c2cc(-c3ccc4oc5ccc6c(c5c4c3)-c3ccccc3C63c4ccccc4Sc4ccccc43)nc(-c3ccccc3)n2)cc1. The summed E-state index contributed by atoms with van der Waals surface area (Å²) in [5, 5.41) is 2.22. The molecule has 0 saturated heterocycles. The van der Waals surface area contributed by atoms with Crippen molar-refractivity contribution >= 4 is 33.7 Å². The fourth-order valence-electron chi connectivity index (χ4n) is 8.44. The molecule has 0 radical (unpaired) electrons. The Kier molecular flexibility index (Phi) is 6.10. The van der Waals surface area contributed by atoms with Crippen molar-refractivity contribution < 1.29 is 4.42 Å². The molecule has 1 spiro atoms. The van der Waals surface area contributed by atoms with Crippen LogP contribution in [0.5, 0.6) is 0 Å². The number of aromatic nitrogens is 2. The molecule has 0 unspecified atom stereocenters. The van der Waals surface area contributed by atoms with Crippen LogP contribution in [0.3, 0.4) is 0 Å². The minimum absolute atomic E-state index is 0.443. The number of benzene rings is 7. The Bertz CT molecular complexity index is 2740. The molecule has 11 rings (SSSR count). The van der Waals surface area contributed by atoms with E-state index in [-0.39, 0.29) is 0 Å². The summed E-state index contributed by atoms with van der Waals surface area (Å²) < 4.78 is 6.65. The molecule has 4 heteroatoms. The number of hydrogen-bond donors (Lipinski definition) is 0. The van der Waals surface area contributed by atoms with Gasteiger partial charge in [0, 0.05) is 37.3 Å². The predicted octanol–water partition coefficient (Wildman–Crippen LogP) is 12.2. The first-order valence-electron chi connectivity index (χ1n) is 17.2. The normalized spacial score (nSPS) is 13.6. The zero-order valence-electron chi connectivity index (χ0n) is 27.4. The number of furan rings is 1. The van der Waals surface area contributed by atoms with E-state index in [1.54, 1.807) is 0 Å². The van der Waals surface area contributed by atoms with Gasteiger partial charge in [-0.25, -0.2) is 9.97 Å². The monoisotopic (exact) mass is 668 g/mol. The van der Waals surface area contributed by atoms with Crippen molar-refractivity contribution in [2.45, 2.75) is 15.2 Å². The fourth-order valence-corrected chi connectivity index (χ4v) is 9.63. The lowest BCUT2D eigenvalue weighted by atomic mass is 9.67. The second-order valence-electron chi connectivity index (χ2n) is 13.3. The van der Waals surface area contributed by atoms with E-state index >= 15 is 0 Å². The van der Waals surface area contributed by atoms with Crippen molar-refractivity contribution in [2.24, 2.45) is 0 Å². The Hall–Kier alpha value is -6.23. The maximum atomic E-state index is 6.65. The summed E-state index contributed by atoms with van der Waals surface area (Å²) in [5.74, 6) is 0.702. The van der Waals surface area contributed by atoms with Crippen LogP contribution < -0.4 is 0 Å². The molecule has 0 atom stereocenters. The molecule has 7 aromatic carbocycles. The maximum Gasteiger partial charge on any atom is 0.160 e. The predicted molar refractivity (Wildman–Crippen MR) is 207 cm³/mol. The lowest BCUT2D eigenvalue weighted by molar-refractivity contribution is 0.668. The van der Waals surface area contributed by atoms with E-state index in [0.717, 1.165) is 50.0 Å². The van der Waals surface area contributed by atoms with Crippen LogP contribution in [-0.2, 0) is 5.41 Å². The van der Waals surface area contributed by atoms with Crippen LogP contribution in [0.15, 0.2) is 184 Å². The lowest BCUT2D eigenvalue weighted by Crippen LogP contribution is -2.31. The van der Waals surface area contributed by atoms with Crippen LogP contribution >= 0.6 is 11.8 Å². The topological polar surface area (TPSA) is 38.9 Å². The van der Waals surface area contributed by atoms with E-state index in [2.05, 4.69) is 146 Å². The summed E-state index contributed by atoms with van der Waals surface area (Å²) in [7, 11) is 0. The average Bonchev–Trinajstić information content (AvgIpc) is 3.72. The Balaban J connectivity index is 1.19. The van der Waals surface area contributed by atoms with E-state index in [4.69, 9.17) is 14.4 Å². The molecule has 2 aliphatic rings. The second-order valence-corrected chi connectivity index (χ2v) is 14.3. The fraction of sp³-hybridized carbons (Fsp3) is 0.0213. The average molecular weight is 669 g/mol. The molecule has 3 heterocycles. The van der Waals surface area contributed by atoms with Crippen molar-refractivity contribution in [1.82, 2.24) is 9.97 Å². The van der Waals surface area contributed by atoms with Crippen molar-refractivity contribution in [3.8, 4) is 45.0 Å². The summed E-state index contributed by atoms with van der Waals surface area (Å²) >= 11 is 1.87. The third-order valence-electron chi connectivity index (χ3n) is 10.6. The van der Waals surface area contributed by atoms with Gasteiger partial charge in [0.15, 0.2) is 5.82 Å². The molecule has 0 N–H and O–H groups in total. The molecule has 0 bridgehead atoms. The van der Waals surface area contributed by atoms with Crippen LogP contribution in [0.25, 0.3) is 67.0 Å². The summed E-state index contributed by atoms with van der Waals surface area (Å²) in [4.78, 5) is 12.8. The molecule has 0 saturated carbocycles. The van der Waals surface area contributed by atoms with Crippen molar-refractivity contribution in [3.63, 3.8) is 0 Å². The van der Waals surface area contributed by atoms with Crippen LogP contribution in [0.2, 0.25) is 0 Å². The molecular weight excluding hydrogens is 641 g/mol. The van der Waals surface area contributed by atoms with Crippen LogP contribution in [-0.4, -0.2) is 9.97 Å². The molecule has 9 aromatic rings. The Morgan fingerprint density at radius 3 is 1.76 bits per heavy atom. The molecule has 1 aliphatic heterocycles. The molecule has 2 aromatic heterocycles. The molecule has 238 valence electrons. The maximum absolute atomic E-state index is 6.65. The van der Waals surface area contributed by atoms with Crippen LogP contribution in [0, 0.1) is 0 Å². The molecule has 3 nitrogen and oxygen atoms in total.